The second-order valence-electron chi connectivity index (χ2n) is 4.04. The van der Waals surface area contributed by atoms with Crippen LogP contribution in [-0.4, -0.2) is 24.8 Å². The Labute approximate surface area is 95.2 Å². The van der Waals surface area contributed by atoms with Crippen LogP contribution in [0.15, 0.2) is 18.2 Å². The maximum atomic E-state index is 10.8. The molecule has 1 aromatic heterocycles. The van der Waals surface area contributed by atoms with Gasteiger partial charge in [-0.3, -0.25) is 9.17 Å². The van der Waals surface area contributed by atoms with Crippen molar-refractivity contribution in [3.05, 3.63) is 29.6 Å². The molecule has 1 heterocycles. The smallest absolute Gasteiger partial charge is 0.264 e. The van der Waals surface area contributed by atoms with Gasteiger partial charge < -0.3 is 5.11 Å². The molecular formula is C10H15NO4S. The lowest BCUT2D eigenvalue weighted by molar-refractivity contribution is 0.0734. The molecule has 0 radical (unpaired) electrons. The molecule has 0 unspecified atom stereocenters. The van der Waals surface area contributed by atoms with Crippen LogP contribution in [0.3, 0.4) is 0 Å². The Morgan fingerprint density at radius 1 is 1.44 bits per heavy atom. The summed E-state index contributed by atoms with van der Waals surface area (Å²) in [4.78, 5) is 4.11. The molecule has 0 fully saturated rings. The summed E-state index contributed by atoms with van der Waals surface area (Å²) in [5.41, 5.74) is -0.117. The van der Waals surface area contributed by atoms with E-state index >= 15 is 0 Å². The molecule has 0 bridgehead atoms. The number of aliphatic hydroxyl groups is 1. The summed E-state index contributed by atoms with van der Waals surface area (Å²) in [5, 5.41) is 9.72. The van der Waals surface area contributed by atoms with Crippen molar-refractivity contribution in [2.75, 3.05) is 6.26 Å². The lowest BCUT2D eigenvalue weighted by Gasteiger charge is -2.16. The summed E-state index contributed by atoms with van der Waals surface area (Å²) < 4.78 is 26.2. The summed E-state index contributed by atoms with van der Waals surface area (Å²) in [6, 6.07) is 5.01. The van der Waals surface area contributed by atoms with Crippen molar-refractivity contribution < 1.29 is 17.7 Å². The second-order valence-corrected chi connectivity index (χ2v) is 5.68. The van der Waals surface area contributed by atoms with Crippen LogP contribution in [-0.2, 0) is 26.5 Å². The first kappa shape index (κ1) is 13.1. The molecular weight excluding hydrogens is 230 g/mol. The Morgan fingerprint density at radius 3 is 2.56 bits per heavy atom. The van der Waals surface area contributed by atoms with Crippen molar-refractivity contribution in [3.63, 3.8) is 0 Å². The molecule has 0 atom stereocenters. The van der Waals surface area contributed by atoms with Crippen molar-refractivity contribution >= 4 is 10.1 Å². The molecule has 16 heavy (non-hydrogen) atoms. The molecule has 6 heteroatoms. The summed E-state index contributed by atoms with van der Waals surface area (Å²) >= 11 is 0. The van der Waals surface area contributed by atoms with Gasteiger partial charge in [0, 0.05) is 0 Å². The van der Waals surface area contributed by atoms with Crippen molar-refractivity contribution in [3.8, 4) is 0 Å². The fourth-order valence-corrected chi connectivity index (χ4v) is 1.40. The monoisotopic (exact) mass is 245 g/mol. The maximum absolute atomic E-state index is 10.8. The Bertz CT molecular complexity index is 462. The van der Waals surface area contributed by atoms with E-state index in [-0.39, 0.29) is 6.61 Å². The molecule has 0 aliphatic carbocycles. The lowest BCUT2D eigenvalue weighted by atomic mass is 10.0. The van der Waals surface area contributed by atoms with E-state index in [1.54, 1.807) is 32.0 Å². The van der Waals surface area contributed by atoms with Crippen molar-refractivity contribution in [1.82, 2.24) is 4.98 Å². The molecule has 90 valence electrons. The Balaban J connectivity index is 2.84. The average molecular weight is 245 g/mol. The predicted molar refractivity (Wildman–Crippen MR) is 59.1 cm³/mol. The highest BCUT2D eigenvalue weighted by Gasteiger charge is 2.17. The quantitative estimate of drug-likeness (QED) is 0.793. The predicted octanol–water partition coefficient (Wildman–Crippen LogP) is 0.785. The second kappa shape index (κ2) is 4.48. The normalized spacial score (nSPS) is 12.8. The molecule has 0 aliphatic rings. The summed E-state index contributed by atoms with van der Waals surface area (Å²) in [7, 11) is -3.47. The standard InChI is InChI=1S/C10H15NO4S/c1-10(2,12)9-6-4-5-8(11-9)7-15-16(3,13)14/h4-6,12H,7H2,1-3H3. The molecule has 1 N–H and O–H groups in total. The van der Waals surface area contributed by atoms with E-state index < -0.39 is 15.7 Å². The molecule has 5 nitrogen and oxygen atoms in total. The highest BCUT2D eigenvalue weighted by Crippen LogP contribution is 2.17. The van der Waals surface area contributed by atoms with Crippen molar-refractivity contribution in [1.29, 1.82) is 0 Å². The summed E-state index contributed by atoms with van der Waals surface area (Å²) in [6.07, 6.45) is 0.979. The van der Waals surface area contributed by atoms with E-state index in [2.05, 4.69) is 9.17 Å². The average Bonchev–Trinajstić information content (AvgIpc) is 2.13. The van der Waals surface area contributed by atoms with Gasteiger partial charge in [-0.2, -0.15) is 8.42 Å². The van der Waals surface area contributed by atoms with E-state index in [0.717, 1.165) is 6.26 Å². The third-order valence-electron chi connectivity index (χ3n) is 1.85. The number of nitrogens with zero attached hydrogens (tertiary/aromatic N) is 1. The van der Waals surface area contributed by atoms with Gasteiger partial charge >= 0.3 is 0 Å². The number of pyridine rings is 1. The fourth-order valence-electron chi connectivity index (χ4n) is 1.07. The number of rotatable bonds is 4. The Hall–Kier alpha value is -0.980. The van der Waals surface area contributed by atoms with Gasteiger partial charge in [-0.15, -0.1) is 0 Å². The first-order valence-electron chi connectivity index (χ1n) is 4.72. The zero-order valence-electron chi connectivity index (χ0n) is 9.47. The molecule has 0 saturated heterocycles. The Morgan fingerprint density at radius 2 is 2.06 bits per heavy atom. The topological polar surface area (TPSA) is 76.5 Å². The van der Waals surface area contributed by atoms with Crippen LogP contribution in [0.1, 0.15) is 25.2 Å². The Kier molecular flexibility index (Phi) is 3.67. The molecule has 0 amide bonds. The van der Waals surface area contributed by atoms with Crippen LogP contribution in [0.5, 0.6) is 0 Å². The third kappa shape index (κ3) is 4.26. The van der Waals surface area contributed by atoms with Gasteiger partial charge in [0.1, 0.15) is 12.2 Å². The zero-order valence-corrected chi connectivity index (χ0v) is 10.3. The minimum Gasteiger partial charge on any atom is -0.384 e. The number of aromatic nitrogens is 1. The SMILES string of the molecule is CC(C)(O)c1cccc(COS(C)(=O)=O)n1. The molecule has 0 aromatic carbocycles. The minimum absolute atomic E-state index is 0.122. The van der Waals surface area contributed by atoms with E-state index in [4.69, 9.17) is 0 Å². The number of hydrogen-bond donors (Lipinski definition) is 1. The minimum atomic E-state index is -3.47. The van der Waals surface area contributed by atoms with Crippen molar-refractivity contribution in [2.45, 2.75) is 26.1 Å². The molecule has 1 aromatic rings. The highest BCUT2D eigenvalue weighted by molar-refractivity contribution is 7.85. The molecule has 0 saturated carbocycles. The highest BCUT2D eigenvalue weighted by atomic mass is 32.2. The van der Waals surface area contributed by atoms with Gasteiger partial charge in [0.25, 0.3) is 10.1 Å². The van der Waals surface area contributed by atoms with Crippen LogP contribution in [0, 0.1) is 0 Å². The third-order valence-corrected chi connectivity index (χ3v) is 2.40. The van der Waals surface area contributed by atoms with Gasteiger partial charge in [-0.25, -0.2) is 0 Å². The van der Waals surface area contributed by atoms with Gasteiger partial charge in [0.2, 0.25) is 0 Å². The van der Waals surface area contributed by atoms with E-state index in [1.165, 1.54) is 0 Å². The van der Waals surface area contributed by atoms with Crippen LogP contribution >= 0.6 is 0 Å². The number of hydrogen-bond acceptors (Lipinski definition) is 5. The van der Waals surface area contributed by atoms with Crippen molar-refractivity contribution in [2.24, 2.45) is 0 Å². The van der Waals surface area contributed by atoms with Gasteiger partial charge in [-0.1, -0.05) is 6.07 Å². The van der Waals surface area contributed by atoms with E-state index in [1.807, 2.05) is 0 Å². The van der Waals surface area contributed by atoms with Gasteiger partial charge in [0.05, 0.1) is 17.6 Å². The maximum Gasteiger partial charge on any atom is 0.264 e. The van der Waals surface area contributed by atoms with E-state index in [0.29, 0.717) is 11.4 Å². The van der Waals surface area contributed by atoms with Gasteiger partial charge in [-0.05, 0) is 26.0 Å². The molecule has 0 spiro atoms. The molecule has 1 rings (SSSR count). The zero-order chi connectivity index (χ0) is 12.4. The van der Waals surface area contributed by atoms with Crippen LogP contribution < -0.4 is 0 Å². The van der Waals surface area contributed by atoms with Crippen LogP contribution in [0.2, 0.25) is 0 Å². The fraction of sp³-hybridized carbons (Fsp3) is 0.500. The van der Waals surface area contributed by atoms with Crippen LogP contribution in [0.25, 0.3) is 0 Å². The van der Waals surface area contributed by atoms with E-state index in [9.17, 15) is 13.5 Å². The molecule has 0 aliphatic heterocycles. The first-order chi connectivity index (χ1) is 7.18. The lowest BCUT2D eigenvalue weighted by Crippen LogP contribution is -2.18. The summed E-state index contributed by atoms with van der Waals surface area (Å²) in [5.74, 6) is 0. The first-order valence-corrected chi connectivity index (χ1v) is 6.53. The van der Waals surface area contributed by atoms with Crippen LogP contribution in [0.4, 0.5) is 0 Å². The summed E-state index contributed by atoms with van der Waals surface area (Å²) in [6.45, 7) is 3.09. The largest absolute Gasteiger partial charge is 0.384 e. The van der Waals surface area contributed by atoms with Gasteiger partial charge in [0.15, 0.2) is 0 Å².